The monoisotopic (exact) mass is 286 g/mol. The second-order valence-corrected chi connectivity index (χ2v) is 5.70. The fourth-order valence-electron chi connectivity index (χ4n) is 2.56. The first-order chi connectivity index (χ1) is 10.1. The van der Waals surface area contributed by atoms with Gasteiger partial charge in [0.05, 0.1) is 6.07 Å². The third kappa shape index (κ3) is 3.73. The van der Waals surface area contributed by atoms with E-state index >= 15 is 0 Å². The van der Waals surface area contributed by atoms with Crippen molar-refractivity contribution in [1.29, 1.82) is 5.26 Å². The molecule has 0 saturated carbocycles. The Balaban J connectivity index is 1.93. The molecule has 0 atom stereocenters. The minimum Gasteiger partial charge on any atom is -0.331 e. The summed E-state index contributed by atoms with van der Waals surface area (Å²) in [7, 11) is 3.50. The van der Waals surface area contributed by atoms with Gasteiger partial charge >= 0.3 is 6.03 Å². The van der Waals surface area contributed by atoms with Gasteiger partial charge in [-0.15, -0.1) is 0 Å². The molecule has 1 aromatic rings. The molecule has 1 heterocycles. The number of amides is 2. The van der Waals surface area contributed by atoms with E-state index in [9.17, 15) is 10.1 Å². The SMILES string of the molecule is CN(C)C(=O)N1CCC(C#N)(NCc2ccccc2)CC1. The van der Waals surface area contributed by atoms with Crippen molar-refractivity contribution in [2.75, 3.05) is 27.2 Å². The molecule has 5 heteroatoms. The van der Waals surface area contributed by atoms with Crippen LogP contribution in [0, 0.1) is 11.3 Å². The Labute approximate surface area is 126 Å². The van der Waals surface area contributed by atoms with Crippen LogP contribution in [-0.4, -0.2) is 48.6 Å². The molecular formula is C16H22N4O. The third-order valence-electron chi connectivity index (χ3n) is 3.96. The number of benzene rings is 1. The third-order valence-corrected chi connectivity index (χ3v) is 3.96. The summed E-state index contributed by atoms with van der Waals surface area (Å²) >= 11 is 0. The Morgan fingerprint density at radius 1 is 1.33 bits per heavy atom. The largest absolute Gasteiger partial charge is 0.331 e. The van der Waals surface area contributed by atoms with Crippen LogP contribution in [-0.2, 0) is 6.54 Å². The minimum atomic E-state index is -0.529. The molecule has 21 heavy (non-hydrogen) atoms. The van der Waals surface area contributed by atoms with Crippen LogP contribution in [0.25, 0.3) is 0 Å². The van der Waals surface area contributed by atoms with E-state index in [-0.39, 0.29) is 6.03 Å². The summed E-state index contributed by atoms with van der Waals surface area (Å²) in [5, 5.41) is 12.9. The fraction of sp³-hybridized carbons (Fsp3) is 0.500. The summed E-state index contributed by atoms with van der Waals surface area (Å²) in [4.78, 5) is 15.3. The van der Waals surface area contributed by atoms with Crippen LogP contribution >= 0.6 is 0 Å². The Morgan fingerprint density at radius 2 is 1.95 bits per heavy atom. The van der Waals surface area contributed by atoms with Gasteiger partial charge in [-0.1, -0.05) is 30.3 Å². The van der Waals surface area contributed by atoms with E-state index in [1.807, 2.05) is 30.3 Å². The molecule has 0 radical (unpaired) electrons. The maximum atomic E-state index is 11.9. The van der Waals surface area contributed by atoms with Crippen molar-refractivity contribution in [2.24, 2.45) is 0 Å². The highest BCUT2D eigenvalue weighted by Crippen LogP contribution is 2.22. The molecule has 5 nitrogen and oxygen atoms in total. The number of nitrogens with one attached hydrogen (secondary N) is 1. The Kier molecular flexibility index (Phi) is 4.81. The molecule has 1 aliphatic rings. The predicted octanol–water partition coefficient (Wildman–Crippen LogP) is 1.82. The number of carbonyl (C=O) groups is 1. The number of nitriles is 1. The number of carbonyl (C=O) groups excluding carboxylic acids is 1. The summed E-state index contributed by atoms with van der Waals surface area (Å²) in [5.74, 6) is 0. The number of urea groups is 1. The number of piperidine rings is 1. The average Bonchev–Trinajstić information content (AvgIpc) is 2.53. The standard InChI is InChI=1S/C16H22N4O/c1-19(2)15(21)20-10-8-16(13-17,9-11-20)18-12-14-6-4-3-5-7-14/h3-7,18H,8-12H2,1-2H3. The smallest absolute Gasteiger partial charge is 0.319 e. The van der Waals surface area contributed by atoms with Gasteiger partial charge in [-0.25, -0.2) is 4.79 Å². The number of hydrogen-bond donors (Lipinski definition) is 1. The van der Waals surface area contributed by atoms with Gasteiger partial charge in [-0.2, -0.15) is 5.26 Å². The van der Waals surface area contributed by atoms with Gasteiger partial charge in [-0.3, -0.25) is 5.32 Å². The van der Waals surface area contributed by atoms with Crippen LogP contribution in [0.2, 0.25) is 0 Å². The highest BCUT2D eigenvalue weighted by Gasteiger charge is 2.36. The van der Waals surface area contributed by atoms with Crippen molar-refractivity contribution in [3.05, 3.63) is 35.9 Å². The lowest BCUT2D eigenvalue weighted by Gasteiger charge is -2.38. The van der Waals surface area contributed by atoms with Crippen molar-refractivity contribution >= 4 is 6.03 Å². The van der Waals surface area contributed by atoms with Gasteiger partial charge < -0.3 is 9.80 Å². The second kappa shape index (κ2) is 6.59. The van der Waals surface area contributed by atoms with Crippen LogP contribution in [0.3, 0.4) is 0 Å². The van der Waals surface area contributed by atoms with Crippen molar-refractivity contribution in [2.45, 2.75) is 24.9 Å². The van der Waals surface area contributed by atoms with Crippen LogP contribution in [0.5, 0.6) is 0 Å². The van der Waals surface area contributed by atoms with E-state index in [1.54, 1.807) is 23.9 Å². The molecular weight excluding hydrogens is 264 g/mol. The van der Waals surface area contributed by atoms with Crippen molar-refractivity contribution < 1.29 is 4.79 Å². The lowest BCUT2D eigenvalue weighted by Crippen LogP contribution is -2.54. The number of rotatable bonds is 3. The summed E-state index contributed by atoms with van der Waals surface area (Å²) in [5.41, 5.74) is 0.637. The molecule has 2 rings (SSSR count). The van der Waals surface area contributed by atoms with E-state index in [2.05, 4.69) is 11.4 Å². The summed E-state index contributed by atoms with van der Waals surface area (Å²) in [6.07, 6.45) is 1.33. The topological polar surface area (TPSA) is 59.4 Å². The molecule has 0 aliphatic carbocycles. The fourth-order valence-corrected chi connectivity index (χ4v) is 2.56. The first-order valence-corrected chi connectivity index (χ1v) is 7.23. The number of hydrogen-bond acceptors (Lipinski definition) is 3. The van der Waals surface area contributed by atoms with Crippen molar-refractivity contribution in [3.63, 3.8) is 0 Å². The second-order valence-electron chi connectivity index (χ2n) is 5.70. The predicted molar refractivity (Wildman–Crippen MR) is 81.5 cm³/mol. The quantitative estimate of drug-likeness (QED) is 0.922. The molecule has 0 spiro atoms. The lowest BCUT2D eigenvalue weighted by atomic mass is 9.88. The molecule has 1 N–H and O–H groups in total. The molecule has 2 amide bonds. The summed E-state index contributed by atoms with van der Waals surface area (Å²) in [6.45, 7) is 1.91. The number of likely N-dealkylation sites (tertiary alicyclic amines) is 1. The Hall–Kier alpha value is -2.06. The Bertz CT molecular complexity index is 513. The van der Waals surface area contributed by atoms with E-state index in [4.69, 9.17) is 0 Å². The molecule has 0 unspecified atom stereocenters. The molecule has 1 saturated heterocycles. The molecule has 0 aromatic heterocycles. The summed E-state index contributed by atoms with van der Waals surface area (Å²) < 4.78 is 0. The van der Waals surface area contributed by atoms with Gasteiger partial charge in [0.1, 0.15) is 5.54 Å². The Morgan fingerprint density at radius 3 is 2.48 bits per heavy atom. The van der Waals surface area contributed by atoms with Gasteiger partial charge in [0.2, 0.25) is 0 Å². The molecule has 112 valence electrons. The first kappa shape index (κ1) is 15.3. The zero-order valence-electron chi connectivity index (χ0n) is 12.7. The molecule has 0 bridgehead atoms. The highest BCUT2D eigenvalue weighted by molar-refractivity contribution is 5.74. The maximum absolute atomic E-state index is 11.9. The van der Waals surface area contributed by atoms with Crippen LogP contribution < -0.4 is 5.32 Å². The molecule has 1 aromatic carbocycles. The van der Waals surface area contributed by atoms with Crippen molar-refractivity contribution in [1.82, 2.24) is 15.1 Å². The zero-order valence-corrected chi connectivity index (χ0v) is 12.7. The van der Waals surface area contributed by atoms with E-state index < -0.39 is 5.54 Å². The molecule has 1 fully saturated rings. The summed E-state index contributed by atoms with van der Waals surface area (Å²) in [6, 6.07) is 12.5. The normalized spacial score (nSPS) is 17.1. The first-order valence-electron chi connectivity index (χ1n) is 7.23. The van der Waals surface area contributed by atoms with Crippen LogP contribution in [0.1, 0.15) is 18.4 Å². The van der Waals surface area contributed by atoms with Gasteiger partial charge in [0, 0.05) is 33.7 Å². The molecule has 1 aliphatic heterocycles. The van der Waals surface area contributed by atoms with Crippen LogP contribution in [0.4, 0.5) is 4.79 Å². The maximum Gasteiger partial charge on any atom is 0.319 e. The van der Waals surface area contributed by atoms with Gasteiger partial charge in [-0.05, 0) is 18.4 Å². The lowest BCUT2D eigenvalue weighted by molar-refractivity contribution is 0.140. The number of nitrogens with zero attached hydrogens (tertiary/aromatic N) is 3. The van der Waals surface area contributed by atoms with Crippen LogP contribution in [0.15, 0.2) is 30.3 Å². The van der Waals surface area contributed by atoms with E-state index in [1.165, 1.54) is 5.56 Å². The highest BCUT2D eigenvalue weighted by atomic mass is 16.2. The van der Waals surface area contributed by atoms with Gasteiger partial charge in [0.15, 0.2) is 0 Å². The average molecular weight is 286 g/mol. The van der Waals surface area contributed by atoms with E-state index in [0.717, 1.165) is 0 Å². The zero-order chi connectivity index (χ0) is 15.3. The van der Waals surface area contributed by atoms with Crippen molar-refractivity contribution in [3.8, 4) is 6.07 Å². The minimum absolute atomic E-state index is 0.0181. The van der Waals surface area contributed by atoms with E-state index in [0.29, 0.717) is 32.5 Å². The van der Waals surface area contributed by atoms with Gasteiger partial charge in [0.25, 0.3) is 0 Å².